The highest BCUT2D eigenvalue weighted by molar-refractivity contribution is 8.93. The molecule has 9 heteroatoms. The van der Waals surface area contributed by atoms with Crippen LogP contribution in [0.5, 0.6) is 5.75 Å². The summed E-state index contributed by atoms with van der Waals surface area (Å²) < 4.78 is 10.3. The Morgan fingerprint density at radius 1 is 1.45 bits per heavy atom. The number of Topliss-reactive ketones (excluding diaryl/α,β-unsaturated/α-hetero) is 1. The number of halogens is 1. The SMILES string of the molecule is Br.COc1cccc2cc(C(=O)CS/C(N)=N/N)c(=O)oc12. The van der Waals surface area contributed by atoms with E-state index in [9.17, 15) is 9.59 Å². The van der Waals surface area contributed by atoms with E-state index >= 15 is 0 Å². The van der Waals surface area contributed by atoms with Gasteiger partial charge in [0.15, 0.2) is 22.3 Å². The Hall–Kier alpha value is -2.00. The van der Waals surface area contributed by atoms with Crippen molar-refractivity contribution < 1.29 is 13.9 Å². The summed E-state index contributed by atoms with van der Waals surface area (Å²) in [5.74, 6) is 4.94. The first-order chi connectivity index (χ1) is 10.1. The Labute approximate surface area is 140 Å². The molecule has 0 bridgehead atoms. The first-order valence-electron chi connectivity index (χ1n) is 5.87. The van der Waals surface area contributed by atoms with Gasteiger partial charge in [-0.2, -0.15) is 5.10 Å². The summed E-state index contributed by atoms with van der Waals surface area (Å²) in [6, 6.07) is 6.60. The molecule has 7 nitrogen and oxygen atoms in total. The lowest BCUT2D eigenvalue weighted by Crippen LogP contribution is -2.18. The Morgan fingerprint density at radius 3 is 2.82 bits per heavy atom. The first kappa shape index (κ1) is 18.1. The van der Waals surface area contributed by atoms with E-state index in [0.29, 0.717) is 16.7 Å². The average molecular weight is 388 g/mol. The molecule has 0 aliphatic heterocycles. The van der Waals surface area contributed by atoms with Crippen molar-refractivity contribution in [2.24, 2.45) is 16.7 Å². The molecule has 0 radical (unpaired) electrons. The molecule has 2 aromatic rings. The number of nitrogens with two attached hydrogens (primary N) is 2. The normalized spacial score (nSPS) is 11.0. The largest absolute Gasteiger partial charge is 0.493 e. The van der Waals surface area contributed by atoms with Crippen molar-refractivity contribution in [1.29, 1.82) is 0 Å². The van der Waals surface area contributed by atoms with E-state index in [-0.39, 0.29) is 33.5 Å². The van der Waals surface area contributed by atoms with Crippen molar-refractivity contribution in [2.75, 3.05) is 12.9 Å². The van der Waals surface area contributed by atoms with Gasteiger partial charge in [-0.25, -0.2) is 4.79 Å². The van der Waals surface area contributed by atoms with Gasteiger partial charge in [0.05, 0.1) is 12.9 Å². The first-order valence-corrected chi connectivity index (χ1v) is 6.85. The van der Waals surface area contributed by atoms with Crippen molar-refractivity contribution >= 4 is 50.7 Å². The molecule has 2 rings (SSSR count). The number of ketones is 1. The van der Waals surface area contributed by atoms with E-state index in [2.05, 4.69) is 5.10 Å². The maximum atomic E-state index is 12.0. The van der Waals surface area contributed by atoms with Crippen LogP contribution in [-0.2, 0) is 0 Å². The fourth-order valence-corrected chi connectivity index (χ4v) is 2.24. The zero-order chi connectivity index (χ0) is 15.4. The van der Waals surface area contributed by atoms with Gasteiger partial charge in [0.25, 0.3) is 0 Å². The second kappa shape index (κ2) is 7.85. The number of carbonyl (C=O) groups excluding carboxylic acids is 1. The zero-order valence-electron chi connectivity index (χ0n) is 11.6. The van der Waals surface area contributed by atoms with Crippen molar-refractivity contribution in [1.82, 2.24) is 0 Å². The number of hydrogen-bond donors (Lipinski definition) is 2. The second-order valence-electron chi connectivity index (χ2n) is 4.01. The van der Waals surface area contributed by atoms with E-state index in [0.717, 1.165) is 11.8 Å². The topological polar surface area (TPSA) is 121 Å². The van der Waals surface area contributed by atoms with E-state index in [1.807, 2.05) is 0 Å². The molecule has 0 unspecified atom stereocenters. The van der Waals surface area contributed by atoms with E-state index < -0.39 is 11.4 Å². The van der Waals surface area contributed by atoms with Crippen LogP contribution in [0.1, 0.15) is 10.4 Å². The minimum atomic E-state index is -0.721. The summed E-state index contributed by atoms with van der Waals surface area (Å²) in [7, 11) is 1.47. The number of hydrogen-bond acceptors (Lipinski definition) is 7. The standard InChI is InChI=1S/C13H13N3O4S.BrH/c1-19-10-4-2-3-7-5-8(12(18)20-11(7)10)9(17)6-21-13(14)16-15;/h2-5H,6,15H2,1H3,(H2,14,16);1H. The molecule has 1 aromatic carbocycles. The Morgan fingerprint density at radius 2 is 2.18 bits per heavy atom. The maximum absolute atomic E-state index is 12.0. The van der Waals surface area contributed by atoms with E-state index in [1.54, 1.807) is 18.2 Å². The molecule has 0 fully saturated rings. The molecule has 118 valence electrons. The van der Waals surface area contributed by atoms with Gasteiger partial charge in [-0.3, -0.25) is 4.79 Å². The van der Waals surface area contributed by atoms with Crippen LogP contribution in [0, 0.1) is 0 Å². The summed E-state index contributed by atoms with van der Waals surface area (Å²) >= 11 is 0.949. The van der Waals surface area contributed by atoms with Gasteiger partial charge in [-0.15, -0.1) is 17.0 Å². The third-order valence-corrected chi connectivity index (χ3v) is 3.53. The monoisotopic (exact) mass is 387 g/mol. The average Bonchev–Trinajstić information content (AvgIpc) is 2.50. The molecule has 0 amide bonds. The molecule has 0 spiro atoms. The zero-order valence-corrected chi connectivity index (χ0v) is 14.1. The van der Waals surface area contributed by atoms with E-state index in [4.69, 9.17) is 20.7 Å². The number of fused-ring (bicyclic) bond motifs is 1. The van der Waals surface area contributed by atoms with Crippen molar-refractivity contribution in [3.63, 3.8) is 0 Å². The van der Waals surface area contributed by atoms with Gasteiger partial charge < -0.3 is 20.7 Å². The highest BCUT2D eigenvalue weighted by atomic mass is 79.9. The number of methoxy groups -OCH3 is 1. The van der Waals surface area contributed by atoms with Crippen LogP contribution in [0.4, 0.5) is 0 Å². The van der Waals surface area contributed by atoms with Gasteiger partial charge in [0.2, 0.25) is 0 Å². The van der Waals surface area contributed by atoms with Crippen LogP contribution in [0.3, 0.4) is 0 Å². The summed E-state index contributed by atoms with van der Waals surface area (Å²) in [6.45, 7) is 0. The summed E-state index contributed by atoms with van der Waals surface area (Å²) in [5.41, 5.74) is 4.92. The number of benzene rings is 1. The molecule has 0 aliphatic rings. The molecular weight excluding hydrogens is 374 g/mol. The lowest BCUT2D eigenvalue weighted by molar-refractivity contribution is 0.101. The van der Waals surface area contributed by atoms with Crippen LogP contribution in [-0.4, -0.2) is 23.8 Å². The lowest BCUT2D eigenvalue weighted by atomic mass is 10.1. The Bertz CT molecular complexity index is 775. The third kappa shape index (κ3) is 3.80. The molecular formula is C13H14BrN3O4S. The summed E-state index contributed by atoms with van der Waals surface area (Å²) in [6.07, 6.45) is 0. The molecule has 1 aromatic heterocycles. The van der Waals surface area contributed by atoms with Gasteiger partial charge in [-0.1, -0.05) is 23.9 Å². The number of thioether (sulfide) groups is 1. The smallest absolute Gasteiger partial charge is 0.347 e. The molecule has 0 saturated carbocycles. The van der Waals surface area contributed by atoms with Gasteiger partial charge in [-0.05, 0) is 12.1 Å². The maximum Gasteiger partial charge on any atom is 0.347 e. The number of nitrogens with zero attached hydrogens (tertiary/aromatic N) is 1. The van der Waals surface area contributed by atoms with Crippen molar-refractivity contribution in [3.05, 3.63) is 40.2 Å². The van der Waals surface area contributed by atoms with Gasteiger partial charge in [0, 0.05) is 5.39 Å². The number of para-hydroxylation sites is 1. The number of hydrazone groups is 1. The predicted octanol–water partition coefficient (Wildman–Crippen LogP) is 1.48. The van der Waals surface area contributed by atoms with Crippen LogP contribution in [0.15, 0.2) is 38.6 Å². The summed E-state index contributed by atoms with van der Waals surface area (Å²) in [4.78, 5) is 23.9. The highest BCUT2D eigenvalue weighted by Gasteiger charge is 2.16. The lowest BCUT2D eigenvalue weighted by Gasteiger charge is -2.05. The second-order valence-corrected chi connectivity index (χ2v) is 5.00. The number of rotatable bonds is 4. The number of amidine groups is 1. The molecule has 0 aliphatic carbocycles. The molecule has 1 heterocycles. The summed E-state index contributed by atoms with van der Waals surface area (Å²) in [5, 5.41) is 3.90. The van der Waals surface area contributed by atoms with Crippen LogP contribution in [0.2, 0.25) is 0 Å². The van der Waals surface area contributed by atoms with E-state index in [1.165, 1.54) is 13.2 Å². The molecule has 22 heavy (non-hydrogen) atoms. The van der Waals surface area contributed by atoms with Crippen LogP contribution >= 0.6 is 28.7 Å². The van der Waals surface area contributed by atoms with Gasteiger partial charge in [0.1, 0.15) is 5.56 Å². The van der Waals surface area contributed by atoms with Crippen LogP contribution < -0.4 is 21.9 Å². The Balaban J connectivity index is 0.00000242. The van der Waals surface area contributed by atoms with Gasteiger partial charge >= 0.3 is 5.63 Å². The quantitative estimate of drug-likeness (QED) is 0.203. The third-order valence-electron chi connectivity index (χ3n) is 2.72. The number of carbonyl (C=O) groups is 1. The van der Waals surface area contributed by atoms with Crippen LogP contribution in [0.25, 0.3) is 11.0 Å². The minimum Gasteiger partial charge on any atom is -0.493 e. The minimum absolute atomic E-state index is 0. The Kier molecular flexibility index (Phi) is 6.44. The molecule has 4 N–H and O–H groups in total. The molecule has 0 atom stereocenters. The molecule has 0 saturated heterocycles. The fourth-order valence-electron chi connectivity index (χ4n) is 1.73. The number of ether oxygens (including phenoxy) is 1. The predicted molar refractivity (Wildman–Crippen MR) is 92.0 cm³/mol. The highest BCUT2D eigenvalue weighted by Crippen LogP contribution is 2.24. The van der Waals surface area contributed by atoms with Crippen molar-refractivity contribution in [3.8, 4) is 5.75 Å². The fraction of sp³-hybridized carbons (Fsp3) is 0.154. The van der Waals surface area contributed by atoms with Crippen molar-refractivity contribution in [2.45, 2.75) is 0 Å².